The maximum atomic E-state index is 3.63. The number of hydrogen-bond donors (Lipinski definition) is 1. The SMILES string of the molecule is CCCNC(CCSC)c1ccc(C)s1. The summed E-state index contributed by atoms with van der Waals surface area (Å²) >= 11 is 3.85. The van der Waals surface area contributed by atoms with Crippen molar-refractivity contribution in [3.63, 3.8) is 0 Å². The van der Waals surface area contributed by atoms with Crippen LogP contribution < -0.4 is 5.32 Å². The highest BCUT2D eigenvalue weighted by Gasteiger charge is 2.11. The van der Waals surface area contributed by atoms with E-state index in [1.165, 1.54) is 28.3 Å². The lowest BCUT2D eigenvalue weighted by atomic mass is 10.2. The van der Waals surface area contributed by atoms with Crippen molar-refractivity contribution in [2.24, 2.45) is 0 Å². The van der Waals surface area contributed by atoms with Gasteiger partial charge in [0, 0.05) is 15.8 Å². The Hall–Kier alpha value is 0.01000. The number of thioether (sulfide) groups is 1. The Morgan fingerprint density at radius 1 is 1.47 bits per heavy atom. The van der Waals surface area contributed by atoms with Gasteiger partial charge < -0.3 is 5.32 Å². The first-order valence-corrected chi connectivity index (χ1v) is 7.77. The molecule has 1 aromatic rings. The van der Waals surface area contributed by atoms with E-state index >= 15 is 0 Å². The molecule has 1 rings (SSSR count). The molecule has 0 aromatic carbocycles. The Labute approximate surface area is 102 Å². The fourth-order valence-corrected chi connectivity index (χ4v) is 3.00. The molecule has 1 nitrogen and oxygen atoms in total. The summed E-state index contributed by atoms with van der Waals surface area (Å²) in [6.45, 7) is 5.52. The minimum atomic E-state index is 0.566. The molecule has 0 aliphatic carbocycles. The van der Waals surface area contributed by atoms with Gasteiger partial charge in [-0.3, -0.25) is 0 Å². The second-order valence-corrected chi connectivity index (χ2v) is 6.04. The number of rotatable bonds is 7. The van der Waals surface area contributed by atoms with Gasteiger partial charge in [-0.15, -0.1) is 11.3 Å². The summed E-state index contributed by atoms with van der Waals surface area (Å²) in [5.41, 5.74) is 0. The van der Waals surface area contributed by atoms with Crippen molar-refractivity contribution in [2.45, 2.75) is 32.7 Å². The van der Waals surface area contributed by atoms with Crippen molar-refractivity contribution in [3.05, 3.63) is 21.9 Å². The van der Waals surface area contributed by atoms with E-state index in [2.05, 4.69) is 37.6 Å². The van der Waals surface area contributed by atoms with Gasteiger partial charge in [0.1, 0.15) is 0 Å². The molecule has 0 amide bonds. The van der Waals surface area contributed by atoms with Crippen LogP contribution in [-0.2, 0) is 0 Å². The van der Waals surface area contributed by atoms with Crippen LogP contribution in [0.15, 0.2) is 12.1 Å². The van der Waals surface area contributed by atoms with E-state index < -0.39 is 0 Å². The van der Waals surface area contributed by atoms with Crippen LogP contribution in [0, 0.1) is 6.92 Å². The molecule has 1 unspecified atom stereocenters. The molecule has 0 bridgehead atoms. The summed E-state index contributed by atoms with van der Waals surface area (Å²) in [5, 5.41) is 3.63. The molecule has 0 saturated carbocycles. The molecular formula is C12H21NS2. The molecule has 0 radical (unpaired) electrons. The minimum absolute atomic E-state index is 0.566. The van der Waals surface area contributed by atoms with E-state index in [0.717, 1.165) is 6.54 Å². The van der Waals surface area contributed by atoms with Crippen LogP contribution in [0.5, 0.6) is 0 Å². The van der Waals surface area contributed by atoms with E-state index in [-0.39, 0.29) is 0 Å². The van der Waals surface area contributed by atoms with Crippen LogP contribution in [0.2, 0.25) is 0 Å². The summed E-state index contributed by atoms with van der Waals surface area (Å²) in [5.74, 6) is 1.23. The lowest BCUT2D eigenvalue weighted by Crippen LogP contribution is -2.21. The van der Waals surface area contributed by atoms with Gasteiger partial charge in [0.2, 0.25) is 0 Å². The van der Waals surface area contributed by atoms with Crippen molar-refractivity contribution in [1.82, 2.24) is 5.32 Å². The van der Waals surface area contributed by atoms with Gasteiger partial charge in [-0.1, -0.05) is 6.92 Å². The summed E-state index contributed by atoms with van der Waals surface area (Å²) in [7, 11) is 0. The van der Waals surface area contributed by atoms with E-state index in [9.17, 15) is 0 Å². The summed E-state index contributed by atoms with van der Waals surface area (Å²) < 4.78 is 0. The van der Waals surface area contributed by atoms with Crippen LogP contribution in [0.1, 0.15) is 35.6 Å². The molecule has 0 spiro atoms. The molecule has 0 fully saturated rings. The van der Waals surface area contributed by atoms with E-state index in [1.54, 1.807) is 0 Å². The molecule has 15 heavy (non-hydrogen) atoms. The fourth-order valence-electron chi connectivity index (χ4n) is 1.54. The van der Waals surface area contributed by atoms with E-state index in [0.29, 0.717) is 6.04 Å². The highest BCUT2D eigenvalue weighted by molar-refractivity contribution is 7.98. The van der Waals surface area contributed by atoms with Gasteiger partial charge in [-0.25, -0.2) is 0 Å². The van der Waals surface area contributed by atoms with Gasteiger partial charge in [-0.05, 0) is 50.5 Å². The lowest BCUT2D eigenvalue weighted by molar-refractivity contribution is 0.529. The maximum Gasteiger partial charge on any atom is 0.0422 e. The predicted octanol–water partition coefficient (Wildman–Crippen LogP) is 3.85. The van der Waals surface area contributed by atoms with Gasteiger partial charge in [0.15, 0.2) is 0 Å². The molecule has 1 aromatic heterocycles. The van der Waals surface area contributed by atoms with Gasteiger partial charge in [-0.2, -0.15) is 11.8 Å². The Bertz CT molecular complexity index is 262. The Morgan fingerprint density at radius 2 is 2.27 bits per heavy atom. The lowest BCUT2D eigenvalue weighted by Gasteiger charge is -2.16. The highest BCUT2D eigenvalue weighted by atomic mass is 32.2. The zero-order valence-corrected chi connectivity index (χ0v) is 11.5. The van der Waals surface area contributed by atoms with Crippen LogP contribution in [0.4, 0.5) is 0 Å². The first kappa shape index (κ1) is 13.1. The van der Waals surface area contributed by atoms with Gasteiger partial charge >= 0.3 is 0 Å². The topological polar surface area (TPSA) is 12.0 Å². The number of nitrogens with one attached hydrogen (secondary N) is 1. The Morgan fingerprint density at radius 3 is 2.80 bits per heavy atom. The second kappa shape index (κ2) is 7.31. The van der Waals surface area contributed by atoms with Crippen molar-refractivity contribution >= 4 is 23.1 Å². The van der Waals surface area contributed by atoms with Gasteiger partial charge in [0.25, 0.3) is 0 Å². The van der Waals surface area contributed by atoms with Crippen LogP contribution >= 0.6 is 23.1 Å². The zero-order valence-electron chi connectivity index (χ0n) is 9.88. The number of aryl methyl sites for hydroxylation is 1. The first-order valence-electron chi connectivity index (χ1n) is 5.56. The van der Waals surface area contributed by atoms with Gasteiger partial charge in [0.05, 0.1) is 0 Å². The number of thiophene rings is 1. The Kier molecular flexibility index (Phi) is 6.37. The minimum Gasteiger partial charge on any atom is -0.309 e. The molecule has 1 N–H and O–H groups in total. The summed E-state index contributed by atoms with van der Waals surface area (Å²) in [4.78, 5) is 2.91. The smallest absolute Gasteiger partial charge is 0.0422 e. The maximum absolute atomic E-state index is 3.63. The Balaban J connectivity index is 2.54. The zero-order chi connectivity index (χ0) is 11.1. The molecule has 1 atom stereocenters. The van der Waals surface area contributed by atoms with Crippen LogP contribution in [0.3, 0.4) is 0 Å². The fraction of sp³-hybridized carbons (Fsp3) is 0.667. The molecule has 1 heterocycles. The quantitative estimate of drug-likeness (QED) is 0.780. The standard InChI is InChI=1S/C12H21NS2/c1-4-8-13-11(7-9-14-3)12-6-5-10(2)15-12/h5-6,11,13H,4,7-9H2,1-3H3. The molecular weight excluding hydrogens is 222 g/mol. The molecule has 86 valence electrons. The summed E-state index contributed by atoms with van der Waals surface area (Å²) in [6.07, 6.45) is 4.62. The molecule has 0 aliphatic heterocycles. The second-order valence-electron chi connectivity index (χ2n) is 3.74. The van der Waals surface area contributed by atoms with E-state index in [4.69, 9.17) is 0 Å². The largest absolute Gasteiger partial charge is 0.309 e. The third-order valence-electron chi connectivity index (χ3n) is 2.36. The van der Waals surface area contributed by atoms with Crippen molar-refractivity contribution in [1.29, 1.82) is 0 Å². The molecule has 0 saturated heterocycles. The highest BCUT2D eigenvalue weighted by Crippen LogP contribution is 2.25. The summed E-state index contributed by atoms with van der Waals surface area (Å²) in [6, 6.07) is 5.06. The van der Waals surface area contributed by atoms with Crippen LogP contribution in [0.25, 0.3) is 0 Å². The average molecular weight is 243 g/mol. The van der Waals surface area contributed by atoms with Crippen molar-refractivity contribution in [2.75, 3.05) is 18.6 Å². The predicted molar refractivity (Wildman–Crippen MR) is 73.1 cm³/mol. The third kappa shape index (κ3) is 4.58. The van der Waals surface area contributed by atoms with E-state index in [1.807, 2.05) is 23.1 Å². The first-order chi connectivity index (χ1) is 7.27. The van der Waals surface area contributed by atoms with Crippen LogP contribution in [-0.4, -0.2) is 18.6 Å². The average Bonchev–Trinajstić information content (AvgIpc) is 2.65. The number of hydrogen-bond acceptors (Lipinski definition) is 3. The normalized spacial score (nSPS) is 13.0. The third-order valence-corrected chi connectivity index (χ3v) is 4.11. The van der Waals surface area contributed by atoms with Crippen molar-refractivity contribution in [3.8, 4) is 0 Å². The monoisotopic (exact) mass is 243 g/mol. The molecule has 0 aliphatic rings. The van der Waals surface area contributed by atoms with Crippen molar-refractivity contribution < 1.29 is 0 Å². The molecule has 3 heteroatoms.